The van der Waals surface area contributed by atoms with Gasteiger partial charge < -0.3 is 4.74 Å². The topological polar surface area (TPSA) is 26.3 Å². The molecule has 0 bridgehead atoms. The summed E-state index contributed by atoms with van der Waals surface area (Å²) in [5.74, 6) is 0.127. The second kappa shape index (κ2) is 6.24. The molecule has 0 amide bonds. The maximum Gasteiger partial charge on any atom is 0.317 e. The Morgan fingerprint density at radius 3 is 2.35 bits per heavy atom. The average molecular weight is 232 g/mol. The molecular weight excluding hydrogens is 212 g/mol. The molecule has 1 aromatic carbocycles. The molecule has 1 rings (SSSR count). The van der Waals surface area contributed by atoms with Gasteiger partial charge in [0.2, 0.25) is 0 Å². The molecule has 0 saturated carbocycles. The molecule has 1 aromatic rings. The summed E-state index contributed by atoms with van der Waals surface area (Å²) < 4.78 is 4.78. The van der Waals surface area contributed by atoms with Crippen molar-refractivity contribution in [2.75, 3.05) is 0 Å². The van der Waals surface area contributed by atoms with Crippen LogP contribution in [0.5, 0.6) is 0 Å². The predicted molar refractivity (Wildman–Crippen MR) is 69.7 cm³/mol. The highest BCUT2D eigenvalue weighted by Crippen LogP contribution is 2.18. The monoisotopic (exact) mass is 232 g/mol. The first-order valence-electron chi connectivity index (χ1n) is 5.94. The van der Waals surface area contributed by atoms with E-state index in [4.69, 9.17) is 4.74 Å². The lowest BCUT2D eigenvalue weighted by Crippen LogP contribution is -2.10. The largest absolute Gasteiger partial charge is 0.435 e. The van der Waals surface area contributed by atoms with Crippen LogP contribution in [0.3, 0.4) is 0 Å². The minimum atomic E-state index is -0.267. The third-order valence-electron chi connectivity index (χ3n) is 2.68. The molecule has 2 heteroatoms. The number of hydrogen-bond acceptors (Lipinski definition) is 2. The van der Waals surface area contributed by atoms with Gasteiger partial charge in [0.1, 0.15) is 0 Å². The van der Waals surface area contributed by atoms with E-state index in [0.717, 1.165) is 12.0 Å². The summed E-state index contributed by atoms with van der Waals surface area (Å²) in [5, 5.41) is 0. The van der Waals surface area contributed by atoms with E-state index < -0.39 is 0 Å². The van der Waals surface area contributed by atoms with Crippen LogP contribution in [0.4, 0.5) is 0 Å². The summed E-state index contributed by atoms with van der Waals surface area (Å²) in [6.07, 6.45) is 2.23. The third-order valence-corrected chi connectivity index (χ3v) is 2.68. The van der Waals surface area contributed by atoms with Crippen LogP contribution in [0.15, 0.2) is 37.1 Å². The molecule has 0 N–H and O–H groups in total. The van der Waals surface area contributed by atoms with E-state index in [1.54, 1.807) is 0 Å². The van der Waals surface area contributed by atoms with Crippen molar-refractivity contribution in [2.24, 2.45) is 5.92 Å². The van der Waals surface area contributed by atoms with Crippen molar-refractivity contribution in [3.05, 3.63) is 48.2 Å². The van der Waals surface area contributed by atoms with Gasteiger partial charge in [0.05, 0.1) is 12.2 Å². The first-order chi connectivity index (χ1) is 8.04. The van der Waals surface area contributed by atoms with E-state index in [9.17, 15) is 4.79 Å². The second-order valence-corrected chi connectivity index (χ2v) is 4.66. The van der Waals surface area contributed by atoms with Gasteiger partial charge in [0.25, 0.3) is 0 Å². The highest BCUT2D eigenvalue weighted by atomic mass is 16.5. The summed E-state index contributed by atoms with van der Waals surface area (Å²) in [4.78, 5) is 11.5. The van der Waals surface area contributed by atoms with Crippen molar-refractivity contribution in [1.29, 1.82) is 0 Å². The van der Waals surface area contributed by atoms with Gasteiger partial charge in [-0.3, -0.25) is 4.79 Å². The molecule has 0 aromatic heterocycles. The molecule has 0 aliphatic heterocycles. The summed E-state index contributed by atoms with van der Waals surface area (Å²) >= 11 is 0. The molecule has 0 saturated heterocycles. The third kappa shape index (κ3) is 4.06. The molecular formula is C15H20O2. The van der Waals surface area contributed by atoms with Crippen LogP contribution in [0.1, 0.15) is 37.8 Å². The normalized spacial score (nSPS) is 12.2. The second-order valence-electron chi connectivity index (χ2n) is 4.66. The maximum atomic E-state index is 11.5. The fourth-order valence-corrected chi connectivity index (χ4v) is 1.73. The predicted octanol–water partition coefficient (Wildman–Crippen LogP) is 3.68. The Labute approximate surface area is 103 Å². The maximum absolute atomic E-state index is 11.5. The molecule has 0 heterocycles. The van der Waals surface area contributed by atoms with Gasteiger partial charge in [0.15, 0.2) is 0 Å². The zero-order chi connectivity index (χ0) is 12.8. The molecule has 0 aliphatic rings. The molecule has 0 aliphatic carbocycles. The lowest BCUT2D eigenvalue weighted by molar-refractivity contribution is -0.139. The van der Waals surface area contributed by atoms with Gasteiger partial charge in [-0.2, -0.15) is 0 Å². The fourth-order valence-electron chi connectivity index (χ4n) is 1.73. The van der Waals surface area contributed by atoms with E-state index in [1.165, 1.54) is 11.8 Å². The Morgan fingerprint density at radius 2 is 1.88 bits per heavy atom. The molecule has 17 heavy (non-hydrogen) atoms. The Bertz CT molecular complexity index is 376. The number of rotatable bonds is 5. The summed E-state index contributed by atoms with van der Waals surface area (Å²) in [6.45, 7) is 9.60. The van der Waals surface area contributed by atoms with Crippen molar-refractivity contribution < 1.29 is 9.53 Å². The Morgan fingerprint density at radius 1 is 1.29 bits per heavy atom. The minimum Gasteiger partial charge on any atom is -0.435 e. The summed E-state index contributed by atoms with van der Waals surface area (Å²) in [6, 6.07) is 8.14. The first kappa shape index (κ1) is 13.5. The van der Waals surface area contributed by atoms with E-state index in [-0.39, 0.29) is 11.9 Å². The highest BCUT2D eigenvalue weighted by molar-refractivity contribution is 5.78. The van der Waals surface area contributed by atoms with Crippen LogP contribution >= 0.6 is 0 Å². The standard InChI is InChI=1S/C15H20O2/c1-5-17-15(16)12(4)14-8-6-13(7-9-14)10-11(2)3/h5-9,11-12H,1,10H2,2-4H3. The van der Waals surface area contributed by atoms with Crippen molar-refractivity contribution >= 4 is 5.97 Å². The van der Waals surface area contributed by atoms with Crippen LogP contribution in [0, 0.1) is 5.92 Å². The molecule has 0 spiro atoms. The first-order valence-corrected chi connectivity index (χ1v) is 5.94. The molecule has 1 atom stereocenters. The Kier molecular flexibility index (Phi) is 4.95. The number of hydrogen-bond donors (Lipinski definition) is 0. The van der Waals surface area contributed by atoms with Crippen LogP contribution in [0.25, 0.3) is 0 Å². The van der Waals surface area contributed by atoms with Crippen molar-refractivity contribution in [1.82, 2.24) is 0 Å². The van der Waals surface area contributed by atoms with Crippen LogP contribution in [-0.4, -0.2) is 5.97 Å². The Balaban J connectivity index is 2.73. The van der Waals surface area contributed by atoms with Crippen LogP contribution in [0.2, 0.25) is 0 Å². The van der Waals surface area contributed by atoms with E-state index in [1.807, 2.05) is 19.1 Å². The van der Waals surface area contributed by atoms with Crippen molar-refractivity contribution in [2.45, 2.75) is 33.1 Å². The fraction of sp³-hybridized carbons (Fsp3) is 0.400. The van der Waals surface area contributed by atoms with Crippen LogP contribution in [-0.2, 0) is 16.0 Å². The average Bonchev–Trinajstić information content (AvgIpc) is 2.28. The summed E-state index contributed by atoms with van der Waals surface area (Å²) in [5.41, 5.74) is 2.28. The van der Waals surface area contributed by atoms with E-state index in [0.29, 0.717) is 5.92 Å². The SMILES string of the molecule is C=COC(=O)C(C)c1ccc(CC(C)C)cc1. The van der Waals surface area contributed by atoms with Gasteiger partial charge in [-0.05, 0) is 30.4 Å². The quantitative estimate of drug-likeness (QED) is 0.572. The molecule has 2 nitrogen and oxygen atoms in total. The number of carbonyl (C=O) groups is 1. The van der Waals surface area contributed by atoms with Gasteiger partial charge in [-0.25, -0.2) is 0 Å². The number of ether oxygens (including phenoxy) is 1. The smallest absolute Gasteiger partial charge is 0.317 e. The summed E-state index contributed by atoms with van der Waals surface area (Å²) in [7, 11) is 0. The number of carbonyl (C=O) groups excluding carboxylic acids is 1. The molecule has 92 valence electrons. The number of esters is 1. The molecule has 1 unspecified atom stereocenters. The molecule has 0 fully saturated rings. The van der Waals surface area contributed by atoms with E-state index in [2.05, 4.69) is 32.6 Å². The highest BCUT2D eigenvalue weighted by Gasteiger charge is 2.15. The Hall–Kier alpha value is -1.57. The zero-order valence-electron chi connectivity index (χ0n) is 10.8. The van der Waals surface area contributed by atoms with Crippen molar-refractivity contribution in [3.63, 3.8) is 0 Å². The lowest BCUT2D eigenvalue weighted by Gasteiger charge is -2.11. The van der Waals surface area contributed by atoms with Crippen LogP contribution < -0.4 is 0 Å². The van der Waals surface area contributed by atoms with Gasteiger partial charge in [-0.1, -0.05) is 44.7 Å². The lowest BCUT2D eigenvalue weighted by atomic mass is 9.97. The molecule has 0 radical (unpaired) electrons. The minimum absolute atomic E-state index is 0.249. The van der Waals surface area contributed by atoms with E-state index >= 15 is 0 Å². The van der Waals surface area contributed by atoms with Crippen molar-refractivity contribution in [3.8, 4) is 0 Å². The van der Waals surface area contributed by atoms with Gasteiger partial charge >= 0.3 is 5.97 Å². The number of benzene rings is 1. The zero-order valence-corrected chi connectivity index (χ0v) is 10.8. The van der Waals surface area contributed by atoms with Gasteiger partial charge in [-0.15, -0.1) is 0 Å². The van der Waals surface area contributed by atoms with Gasteiger partial charge in [0, 0.05) is 0 Å².